The van der Waals surface area contributed by atoms with Gasteiger partial charge in [0.25, 0.3) is 5.91 Å². The molecule has 17 heavy (non-hydrogen) atoms. The molecular weight excluding hydrogens is 214 g/mol. The van der Waals surface area contributed by atoms with Crippen molar-refractivity contribution in [3.8, 4) is 0 Å². The predicted molar refractivity (Wildman–Crippen MR) is 66.6 cm³/mol. The summed E-state index contributed by atoms with van der Waals surface area (Å²) in [7, 11) is 0. The summed E-state index contributed by atoms with van der Waals surface area (Å²) in [5.41, 5.74) is 7.09. The molecule has 3 rings (SSSR count). The molecule has 0 saturated heterocycles. The van der Waals surface area contributed by atoms with Crippen molar-refractivity contribution in [2.24, 2.45) is 0 Å². The fourth-order valence-corrected chi connectivity index (χ4v) is 1.87. The van der Waals surface area contributed by atoms with Crippen LogP contribution in [-0.2, 0) is 0 Å². The normalized spacial score (nSPS) is 14.8. The minimum Gasteiger partial charge on any atom is -0.384 e. The van der Waals surface area contributed by atoms with Crippen LogP contribution in [0.2, 0.25) is 0 Å². The van der Waals surface area contributed by atoms with Crippen LogP contribution in [0.5, 0.6) is 0 Å². The Balaban J connectivity index is 2.09. The van der Waals surface area contributed by atoms with Gasteiger partial charge in [0.05, 0.1) is 11.1 Å². The molecule has 86 valence electrons. The number of hydrogen-bond donors (Lipinski definition) is 2. The monoisotopic (exact) mass is 227 g/mol. The second-order valence-corrected chi connectivity index (χ2v) is 4.36. The highest BCUT2D eigenvalue weighted by Gasteiger charge is 2.24. The van der Waals surface area contributed by atoms with Gasteiger partial charge in [-0.25, -0.2) is 4.98 Å². The molecule has 0 bridgehead atoms. The Morgan fingerprint density at radius 3 is 2.88 bits per heavy atom. The number of fused-ring (bicyclic) bond motifs is 1. The number of hydrogen-bond acceptors (Lipinski definition) is 3. The molecule has 1 aromatic heterocycles. The van der Waals surface area contributed by atoms with E-state index in [9.17, 15) is 4.79 Å². The van der Waals surface area contributed by atoms with Gasteiger partial charge in [-0.05, 0) is 25.0 Å². The number of nitrogens with one attached hydrogen (secondary N) is 1. The number of anilines is 1. The van der Waals surface area contributed by atoms with Gasteiger partial charge in [-0.1, -0.05) is 18.2 Å². The summed E-state index contributed by atoms with van der Waals surface area (Å²) in [4.78, 5) is 16.3. The number of amides is 1. The molecule has 0 radical (unpaired) electrons. The Bertz CT molecular complexity index is 590. The van der Waals surface area contributed by atoms with E-state index in [1.54, 1.807) is 6.07 Å². The fraction of sp³-hybridized carbons (Fsp3) is 0.231. The summed E-state index contributed by atoms with van der Waals surface area (Å²) in [6.07, 6.45) is 2.15. The van der Waals surface area contributed by atoms with Crippen molar-refractivity contribution in [1.82, 2.24) is 10.3 Å². The van der Waals surface area contributed by atoms with Crippen LogP contribution in [0.25, 0.3) is 10.9 Å². The Kier molecular flexibility index (Phi) is 2.21. The molecular formula is C13H13N3O. The van der Waals surface area contributed by atoms with E-state index in [1.165, 1.54) is 0 Å². The molecule has 1 aliphatic rings. The molecule has 1 aliphatic carbocycles. The molecule has 2 aromatic rings. The number of nitrogens with zero attached hydrogens (tertiary/aromatic N) is 1. The molecule has 0 aliphatic heterocycles. The average Bonchev–Trinajstić information content (AvgIpc) is 3.11. The van der Waals surface area contributed by atoms with Crippen molar-refractivity contribution in [2.75, 3.05) is 5.73 Å². The molecule has 0 unspecified atom stereocenters. The van der Waals surface area contributed by atoms with Crippen LogP contribution < -0.4 is 11.1 Å². The molecule has 4 heteroatoms. The van der Waals surface area contributed by atoms with E-state index < -0.39 is 0 Å². The fourth-order valence-electron chi connectivity index (χ4n) is 1.87. The topological polar surface area (TPSA) is 68.0 Å². The summed E-state index contributed by atoms with van der Waals surface area (Å²) >= 11 is 0. The highest BCUT2D eigenvalue weighted by atomic mass is 16.1. The minimum absolute atomic E-state index is 0.0576. The molecule has 1 amide bonds. The van der Waals surface area contributed by atoms with Crippen molar-refractivity contribution >= 4 is 22.6 Å². The molecule has 3 N–H and O–H groups in total. The molecule has 1 fully saturated rings. The van der Waals surface area contributed by atoms with E-state index in [-0.39, 0.29) is 5.91 Å². The number of carbonyl (C=O) groups is 1. The Morgan fingerprint density at radius 2 is 2.12 bits per heavy atom. The summed E-state index contributed by atoms with van der Waals surface area (Å²) in [5, 5.41) is 3.81. The van der Waals surface area contributed by atoms with Crippen molar-refractivity contribution in [1.29, 1.82) is 0 Å². The lowest BCUT2D eigenvalue weighted by atomic mass is 10.1. The van der Waals surface area contributed by atoms with Crippen LogP contribution in [0.3, 0.4) is 0 Å². The van der Waals surface area contributed by atoms with Gasteiger partial charge in [0.2, 0.25) is 0 Å². The van der Waals surface area contributed by atoms with Gasteiger partial charge in [0.1, 0.15) is 5.82 Å². The van der Waals surface area contributed by atoms with Gasteiger partial charge in [0, 0.05) is 11.4 Å². The van der Waals surface area contributed by atoms with Gasteiger partial charge in [0.15, 0.2) is 0 Å². The maximum absolute atomic E-state index is 12.1. The maximum atomic E-state index is 12.1. The van der Waals surface area contributed by atoms with Gasteiger partial charge in [-0.2, -0.15) is 0 Å². The van der Waals surface area contributed by atoms with Crippen molar-refractivity contribution < 1.29 is 4.79 Å². The van der Waals surface area contributed by atoms with Crippen LogP contribution >= 0.6 is 0 Å². The SMILES string of the molecule is Nc1cc(C(=O)NC2CC2)c2ccccc2n1. The van der Waals surface area contributed by atoms with Crippen molar-refractivity contribution in [2.45, 2.75) is 18.9 Å². The Labute approximate surface area is 98.8 Å². The first-order chi connectivity index (χ1) is 8.24. The number of carbonyl (C=O) groups excluding carboxylic acids is 1. The molecule has 1 saturated carbocycles. The number of para-hydroxylation sites is 1. The third-order valence-corrected chi connectivity index (χ3v) is 2.89. The number of benzene rings is 1. The second kappa shape index (κ2) is 3.73. The van der Waals surface area contributed by atoms with Gasteiger partial charge >= 0.3 is 0 Å². The van der Waals surface area contributed by atoms with Crippen molar-refractivity contribution in [3.05, 3.63) is 35.9 Å². The lowest BCUT2D eigenvalue weighted by Crippen LogP contribution is -2.25. The highest BCUT2D eigenvalue weighted by Crippen LogP contribution is 2.22. The first kappa shape index (κ1) is 10.1. The number of pyridine rings is 1. The van der Waals surface area contributed by atoms with Gasteiger partial charge in [-0.3, -0.25) is 4.79 Å². The molecule has 4 nitrogen and oxygen atoms in total. The Hall–Kier alpha value is -2.10. The first-order valence-electron chi connectivity index (χ1n) is 5.70. The van der Waals surface area contributed by atoms with E-state index in [0.717, 1.165) is 23.7 Å². The van der Waals surface area contributed by atoms with E-state index in [1.807, 2.05) is 24.3 Å². The summed E-state index contributed by atoms with van der Waals surface area (Å²) in [6, 6.07) is 9.52. The zero-order valence-electron chi connectivity index (χ0n) is 9.31. The third-order valence-electron chi connectivity index (χ3n) is 2.89. The van der Waals surface area contributed by atoms with Crippen LogP contribution in [0.1, 0.15) is 23.2 Å². The van der Waals surface area contributed by atoms with E-state index in [4.69, 9.17) is 5.73 Å². The smallest absolute Gasteiger partial charge is 0.252 e. The van der Waals surface area contributed by atoms with Gasteiger partial charge in [-0.15, -0.1) is 0 Å². The van der Waals surface area contributed by atoms with E-state index in [2.05, 4.69) is 10.3 Å². The largest absolute Gasteiger partial charge is 0.384 e. The predicted octanol–water partition coefficient (Wildman–Crippen LogP) is 1.71. The first-order valence-corrected chi connectivity index (χ1v) is 5.70. The number of aromatic nitrogens is 1. The Morgan fingerprint density at radius 1 is 1.35 bits per heavy atom. The lowest BCUT2D eigenvalue weighted by molar-refractivity contribution is 0.0952. The van der Waals surface area contributed by atoms with Crippen molar-refractivity contribution in [3.63, 3.8) is 0 Å². The summed E-state index contributed by atoms with van der Waals surface area (Å²) in [6.45, 7) is 0. The van der Waals surface area contributed by atoms with Crippen LogP contribution in [0.4, 0.5) is 5.82 Å². The average molecular weight is 227 g/mol. The molecule has 0 atom stereocenters. The second-order valence-electron chi connectivity index (χ2n) is 4.36. The standard InChI is InChI=1S/C13H13N3O/c14-12-7-10(13(17)15-8-5-6-8)9-3-1-2-4-11(9)16-12/h1-4,7-8H,5-6H2,(H2,14,16)(H,15,17). The zero-order valence-corrected chi connectivity index (χ0v) is 9.31. The number of rotatable bonds is 2. The third kappa shape index (κ3) is 1.93. The van der Waals surface area contributed by atoms with Crippen LogP contribution in [0, 0.1) is 0 Å². The lowest BCUT2D eigenvalue weighted by Gasteiger charge is -2.07. The molecule has 0 spiro atoms. The van der Waals surface area contributed by atoms with Gasteiger partial charge < -0.3 is 11.1 Å². The number of nitrogen functional groups attached to an aromatic ring is 1. The van der Waals surface area contributed by atoms with Crippen LogP contribution in [0.15, 0.2) is 30.3 Å². The summed E-state index contributed by atoms with van der Waals surface area (Å²) in [5.74, 6) is 0.322. The molecule has 1 heterocycles. The number of nitrogens with two attached hydrogens (primary N) is 1. The minimum atomic E-state index is -0.0576. The van der Waals surface area contributed by atoms with E-state index >= 15 is 0 Å². The molecule has 1 aromatic carbocycles. The zero-order chi connectivity index (χ0) is 11.8. The van der Waals surface area contributed by atoms with Crippen LogP contribution in [-0.4, -0.2) is 16.9 Å². The highest BCUT2D eigenvalue weighted by molar-refractivity contribution is 6.07. The maximum Gasteiger partial charge on any atom is 0.252 e. The summed E-state index contributed by atoms with van der Waals surface area (Å²) < 4.78 is 0. The van der Waals surface area contributed by atoms with E-state index in [0.29, 0.717) is 17.4 Å². The quantitative estimate of drug-likeness (QED) is 0.820.